The van der Waals surface area contributed by atoms with Crippen LogP contribution in [0, 0.1) is 0 Å². The van der Waals surface area contributed by atoms with Gasteiger partial charge in [0, 0.05) is 18.8 Å². The molecule has 0 atom stereocenters. The Balaban J connectivity index is 1.68. The first-order chi connectivity index (χ1) is 17.8. The molecule has 1 fully saturated rings. The first kappa shape index (κ1) is 24.8. The molecule has 1 saturated heterocycles. The van der Waals surface area contributed by atoms with E-state index in [2.05, 4.69) is 43.9 Å². The average molecular weight is 494 g/mol. The summed E-state index contributed by atoms with van der Waals surface area (Å²) >= 11 is 0. The Bertz CT molecular complexity index is 1500. The molecule has 4 aromatic rings. The second-order valence-electron chi connectivity index (χ2n) is 10.8. The summed E-state index contributed by atoms with van der Waals surface area (Å²) in [5, 5.41) is 0.641. The minimum Gasteiger partial charge on any atom is -0.497 e. The second-order valence-corrected chi connectivity index (χ2v) is 10.8. The van der Waals surface area contributed by atoms with Crippen LogP contribution in [-0.2, 0) is 5.41 Å². The fraction of sp³-hybridized carbons (Fsp3) is 0.312. The summed E-state index contributed by atoms with van der Waals surface area (Å²) in [6.07, 6.45) is 7.54. The number of rotatable bonds is 5. The molecule has 5 rings (SSSR count). The molecule has 0 N–H and O–H groups in total. The maximum absolute atomic E-state index is 14.1. The average Bonchev–Trinajstić information content (AvgIpc) is 2.92. The molecule has 1 aromatic heterocycles. The van der Waals surface area contributed by atoms with E-state index < -0.39 is 0 Å². The van der Waals surface area contributed by atoms with E-state index in [0.29, 0.717) is 16.7 Å². The molecule has 190 valence electrons. The van der Waals surface area contributed by atoms with Crippen LogP contribution in [0.2, 0.25) is 0 Å². The molecule has 5 heteroatoms. The highest BCUT2D eigenvalue weighted by Crippen LogP contribution is 2.27. The number of fused-ring (bicyclic) bond motifs is 1. The lowest BCUT2D eigenvalue weighted by Gasteiger charge is -2.29. The summed E-state index contributed by atoms with van der Waals surface area (Å²) in [4.78, 5) is 21.5. The predicted octanol–water partition coefficient (Wildman–Crippen LogP) is 6.85. The zero-order valence-electron chi connectivity index (χ0n) is 22.2. The highest BCUT2D eigenvalue weighted by atomic mass is 16.5. The van der Waals surface area contributed by atoms with Crippen LogP contribution in [0.15, 0.2) is 71.5 Å². The van der Waals surface area contributed by atoms with Crippen molar-refractivity contribution in [3.8, 4) is 11.4 Å². The van der Waals surface area contributed by atoms with E-state index in [4.69, 9.17) is 9.72 Å². The molecule has 1 aliphatic heterocycles. The molecule has 37 heavy (non-hydrogen) atoms. The van der Waals surface area contributed by atoms with Crippen molar-refractivity contribution < 1.29 is 4.74 Å². The first-order valence-corrected chi connectivity index (χ1v) is 13.1. The molecule has 3 aromatic carbocycles. The first-order valence-electron chi connectivity index (χ1n) is 13.1. The van der Waals surface area contributed by atoms with E-state index in [1.807, 2.05) is 60.7 Å². The molecule has 0 saturated carbocycles. The molecular weight excluding hydrogens is 458 g/mol. The molecular formula is C32H35N3O2. The highest BCUT2D eigenvalue weighted by molar-refractivity contribution is 5.84. The third-order valence-electron chi connectivity index (χ3n) is 7.09. The van der Waals surface area contributed by atoms with Crippen molar-refractivity contribution in [2.24, 2.45) is 0 Å². The number of methoxy groups -OCH3 is 1. The van der Waals surface area contributed by atoms with Gasteiger partial charge in [-0.25, -0.2) is 4.98 Å². The highest BCUT2D eigenvalue weighted by Gasteiger charge is 2.18. The summed E-state index contributed by atoms with van der Waals surface area (Å²) < 4.78 is 7.12. The van der Waals surface area contributed by atoms with E-state index in [9.17, 15) is 4.79 Å². The predicted molar refractivity (Wildman–Crippen MR) is 154 cm³/mol. The number of benzene rings is 3. The van der Waals surface area contributed by atoms with Gasteiger partial charge in [0.2, 0.25) is 0 Å². The van der Waals surface area contributed by atoms with Crippen molar-refractivity contribution in [1.82, 2.24) is 9.55 Å². The van der Waals surface area contributed by atoms with Crippen LogP contribution < -0.4 is 15.2 Å². The molecule has 5 nitrogen and oxygen atoms in total. The quantitative estimate of drug-likeness (QED) is 0.305. The largest absolute Gasteiger partial charge is 0.497 e. The summed E-state index contributed by atoms with van der Waals surface area (Å²) in [6.45, 7) is 8.61. The van der Waals surface area contributed by atoms with E-state index in [1.165, 1.54) is 24.8 Å². The SMILES string of the molecule is COc1cccc(/C=C/c2nc3ccc(N4CCCCC4)cc3c(=O)n2-c2cccc(C(C)(C)C)c2)c1. The Morgan fingerprint density at radius 1 is 0.865 bits per heavy atom. The normalized spacial score (nSPS) is 14.4. The van der Waals surface area contributed by atoms with Gasteiger partial charge in [-0.1, -0.05) is 51.1 Å². The Morgan fingerprint density at radius 3 is 2.41 bits per heavy atom. The fourth-order valence-corrected chi connectivity index (χ4v) is 4.93. The smallest absolute Gasteiger partial charge is 0.266 e. The minimum atomic E-state index is -0.0554. The maximum atomic E-state index is 14.1. The third kappa shape index (κ3) is 5.31. The fourth-order valence-electron chi connectivity index (χ4n) is 4.93. The summed E-state index contributed by atoms with van der Waals surface area (Å²) in [7, 11) is 1.66. The van der Waals surface area contributed by atoms with Crippen molar-refractivity contribution in [2.45, 2.75) is 45.4 Å². The summed E-state index contributed by atoms with van der Waals surface area (Å²) in [5.41, 5.74) is 4.67. The molecule has 0 radical (unpaired) electrons. The van der Waals surface area contributed by atoms with E-state index in [-0.39, 0.29) is 11.0 Å². The molecule has 0 spiro atoms. The number of hydrogen-bond donors (Lipinski definition) is 0. The Kier molecular flexibility index (Phi) is 6.88. The van der Waals surface area contributed by atoms with Crippen LogP contribution in [-0.4, -0.2) is 29.8 Å². The Labute approximate surface area is 219 Å². The number of nitrogens with zero attached hydrogens (tertiary/aromatic N) is 3. The molecule has 2 heterocycles. The van der Waals surface area contributed by atoms with Gasteiger partial charge in [-0.15, -0.1) is 0 Å². The van der Waals surface area contributed by atoms with Gasteiger partial charge in [0.25, 0.3) is 5.56 Å². The monoisotopic (exact) mass is 493 g/mol. The van der Waals surface area contributed by atoms with Crippen LogP contribution >= 0.6 is 0 Å². The Morgan fingerprint density at radius 2 is 1.65 bits per heavy atom. The van der Waals surface area contributed by atoms with Gasteiger partial charge < -0.3 is 9.64 Å². The van der Waals surface area contributed by atoms with Crippen molar-refractivity contribution in [1.29, 1.82) is 0 Å². The van der Waals surface area contributed by atoms with Gasteiger partial charge in [-0.2, -0.15) is 0 Å². The zero-order valence-corrected chi connectivity index (χ0v) is 22.2. The van der Waals surface area contributed by atoms with E-state index >= 15 is 0 Å². The van der Waals surface area contributed by atoms with E-state index in [1.54, 1.807) is 11.7 Å². The zero-order chi connectivity index (χ0) is 26.0. The second kappa shape index (κ2) is 10.3. The van der Waals surface area contributed by atoms with Gasteiger partial charge in [-0.05, 0) is 84.3 Å². The summed E-state index contributed by atoms with van der Waals surface area (Å²) in [6, 6.07) is 22.2. The van der Waals surface area contributed by atoms with Crippen LogP contribution in [0.5, 0.6) is 5.75 Å². The van der Waals surface area contributed by atoms with Crippen LogP contribution in [0.1, 0.15) is 57.0 Å². The number of aromatic nitrogens is 2. The van der Waals surface area contributed by atoms with Crippen molar-refractivity contribution in [3.05, 3.63) is 94.0 Å². The van der Waals surface area contributed by atoms with Gasteiger partial charge in [0.15, 0.2) is 0 Å². The van der Waals surface area contributed by atoms with Crippen LogP contribution in [0.4, 0.5) is 5.69 Å². The minimum absolute atomic E-state index is 0.0398. The molecule has 0 unspecified atom stereocenters. The van der Waals surface area contributed by atoms with Crippen molar-refractivity contribution in [2.75, 3.05) is 25.1 Å². The molecule has 0 bridgehead atoms. The topological polar surface area (TPSA) is 47.4 Å². The van der Waals surface area contributed by atoms with Gasteiger partial charge in [0.05, 0.1) is 23.7 Å². The van der Waals surface area contributed by atoms with E-state index in [0.717, 1.165) is 35.8 Å². The van der Waals surface area contributed by atoms with Gasteiger partial charge in [-0.3, -0.25) is 9.36 Å². The summed E-state index contributed by atoms with van der Waals surface area (Å²) in [5.74, 6) is 1.38. The van der Waals surface area contributed by atoms with Crippen LogP contribution in [0.25, 0.3) is 28.7 Å². The lowest BCUT2D eigenvalue weighted by atomic mass is 9.87. The molecule has 0 aliphatic carbocycles. The third-order valence-corrected chi connectivity index (χ3v) is 7.09. The Hall–Kier alpha value is -3.86. The lowest BCUT2D eigenvalue weighted by Crippen LogP contribution is -2.29. The number of piperidine rings is 1. The standard InChI is InChI=1S/C32H35N3O2/c1-32(2,3)24-11-9-12-26(21-24)35-30(17-14-23-10-8-13-27(20-23)37-4)33-29-16-15-25(22-28(29)31(35)36)34-18-6-5-7-19-34/h8-17,20-22H,5-7,18-19H2,1-4H3/b17-14+. The van der Waals surface area contributed by atoms with Gasteiger partial charge >= 0.3 is 0 Å². The number of anilines is 1. The van der Waals surface area contributed by atoms with Crippen LogP contribution in [0.3, 0.4) is 0 Å². The number of hydrogen-bond acceptors (Lipinski definition) is 4. The number of ether oxygens (including phenoxy) is 1. The molecule has 1 aliphatic rings. The maximum Gasteiger partial charge on any atom is 0.266 e. The lowest BCUT2D eigenvalue weighted by molar-refractivity contribution is 0.414. The molecule has 0 amide bonds. The van der Waals surface area contributed by atoms with Crippen molar-refractivity contribution >= 4 is 28.7 Å². The van der Waals surface area contributed by atoms with Gasteiger partial charge in [0.1, 0.15) is 11.6 Å². The van der Waals surface area contributed by atoms with Crippen molar-refractivity contribution in [3.63, 3.8) is 0 Å².